The lowest BCUT2D eigenvalue weighted by atomic mass is 10.1. The van der Waals surface area contributed by atoms with E-state index in [0.717, 1.165) is 11.1 Å². The van der Waals surface area contributed by atoms with E-state index in [1.165, 1.54) is 25.3 Å². The number of ether oxygens (including phenoxy) is 1. The quantitative estimate of drug-likeness (QED) is 0.674. The average molecular weight is 290 g/mol. The van der Waals surface area contributed by atoms with E-state index in [-0.39, 0.29) is 11.5 Å². The van der Waals surface area contributed by atoms with E-state index in [9.17, 15) is 14.5 Å². The van der Waals surface area contributed by atoms with Crippen molar-refractivity contribution in [3.63, 3.8) is 0 Å². The summed E-state index contributed by atoms with van der Waals surface area (Å²) >= 11 is 0. The highest BCUT2D eigenvalue weighted by molar-refractivity contribution is 5.64. The van der Waals surface area contributed by atoms with Crippen LogP contribution in [0.4, 0.5) is 15.8 Å². The van der Waals surface area contributed by atoms with Gasteiger partial charge in [-0.2, -0.15) is 0 Å². The molecule has 21 heavy (non-hydrogen) atoms. The Hall–Kier alpha value is -2.63. The molecule has 2 aromatic carbocycles. The van der Waals surface area contributed by atoms with Crippen molar-refractivity contribution in [2.45, 2.75) is 13.5 Å². The van der Waals surface area contributed by atoms with Crippen LogP contribution in [0.15, 0.2) is 36.4 Å². The zero-order valence-corrected chi connectivity index (χ0v) is 11.7. The molecule has 2 aromatic rings. The van der Waals surface area contributed by atoms with E-state index in [4.69, 9.17) is 4.74 Å². The molecule has 0 radical (unpaired) electrons. The molecule has 0 unspecified atom stereocenters. The van der Waals surface area contributed by atoms with Gasteiger partial charge in [-0.3, -0.25) is 10.1 Å². The number of rotatable bonds is 5. The summed E-state index contributed by atoms with van der Waals surface area (Å²) in [5.41, 5.74) is 1.95. The Morgan fingerprint density at radius 2 is 2.05 bits per heavy atom. The van der Waals surface area contributed by atoms with Crippen LogP contribution in [0.3, 0.4) is 0 Å². The minimum absolute atomic E-state index is 0.0802. The van der Waals surface area contributed by atoms with Gasteiger partial charge in [-0.1, -0.05) is 6.07 Å². The van der Waals surface area contributed by atoms with E-state index in [1.54, 1.807) is 18.2 Å². The Bertz CT molecular complexity index is 674. The second-order valence-electron chi connectivity index (χ2n) is 4.56. The molecule has 0 aliphatic rings. The highest BCUT2D eigenvalue weighted by Gasteiger charge is 2.15. The summed E-state index contributed by atoms with van der Waals surface area (Å²) < 4.78 is 18.2. The Morgan fingerprint density at radius 3 is 2.71 bits per heavy atom. The van der Waals surface area contributed by atoms with Gasteiger partial charge in [0.2, 0.25) is 0 Å². The number of benzene rings is 2. The number of nitrogens with one attached hydrogen (secondary N) is 1. The van der Waals surface area contributed by atoms with E-state index >= 15 is 0 Å². The molecule has 110 valence electrons. The Kier molecular flexibility index (Phi) is 4.37. The third kappa shape index (κ3) is 3.47. The van der Waals surface area contributed by atoms with Crippen LogP contribution in [-0.2, 0) is 6.54 Å². The van der Waals surface area contributed by atoms with Gasteiger partial charge in [0.1, 0.15) is 17.3 Å². The van der Waals surface area contributed by atoms with Crippen molar-refractivity contribution >= 4 is 11.4 Å². The summed E-state index contributed by atoms with van der Waals surface area (Å²) in [6, 6.07) is 9.03. The summed E-state index contributed by atoms with van der Waals surface area (Å²) in [5, 5.41) is 14.0. The molecular formula is C15H15FN2O3. The molecule has 0 aliphatic carbocycles. The fourth-order valence-electron chi connectivity index (χ4n) is 1.96. The topological polar surface area (TPSA) is 64.4 Å². The van der Waals surface area contributed by atoms with Crippen molar-refractivity contribution < 1.29 is 14.1 Å². The number of halogens is 1. The van der Waals surface area contributed by atoms with Crippen LogP contribution in [0.2, 0.25) is 0 Å². The summed E-state index contributed by atoms with van der Waals surface area (Å²) in [5.74, 6) is 0.0795. The SMILES string of the molecule is COc1ccc(NCc2cc(F)ccc2C)c([N+](=O)[O-])c1. The first kappa shape index (κ1) is 14.8. The van der Waals surface area contributed by atoms with Gasteiger partial charge in [0.15, 0.2) is 0 Å². The zero-order chi connectivity index (χ0) is 15.4. The molecule has 0 saturated carbocycles. The zero-order valence-electron chi connectivity index (χ0n) is 11.7. The van der Waals surface area contributed by atoms with Crippen LogP contribution in [0.1, 0.15) is 11.1 Å². The van der Waals surface area contributed by atoms with Gasteiger partial charge in [-0.05, 0) is 42.3 Å². The maximum atomic E-state index is 13.2. The number of nitro benzene ring substituents is 1. The summed E-state index contributed by atoms with van der Waals surface area (Å²) in [6.45, 7) is 2.16. The number of nitrogens with zero attached hydrogens (tertiary/aromatic N) is 1. The van der Waals surface area contributed by atoms with Gasteiger partial charge >= 0.3 is 0 Å². The molecule has 0 spiro atoms. The Balaban J connectivity index is 2.23. The molecule has 0 aliphatic heterocycles. The molecule has 6 heteroatoms. The van der Waals surface area contributed by atoms with Crippen molar-refractivity contribution in [2.24, 2.45) is 0 Å². The number of methoxy groups -OCH3 is 1. The third-order valence-corrected chi connectivity index (χ3v) is 3.18. The smallest absolute Gasteiger partial charge is 0.296 e. The number of hydrogen-bond donors (Lipinski definition) is 1. The van der Waals surface area contributed by atoms with Crippen molar-refractivity contribution in [3.8, 4) is 5.75 Å². The lowest BCUT2D eigenvalue weighted by Gasteiger charge is -2.10. The summed E-state index contributed by atoms with van der Waals surface area (Å²) in [4.78, 5) is 10.6. The van der Waals surface area contributed by atoms with Gasteiger partial charge in [0, 0.05) is 6.54 Å². The first-order valence-electron chi connectivity index (χ1n) is 6.32. The van der Waals surface area contributed by atoms with Crippen molar-refractivity contribution in [1.82, 2.24) is 0 Å². The highest BCUT2D eigenvalue weighted by Crippen LogP contribution is 2.29. The van der Waals surface area contributed by atoms with E-state index in [1.807, 2.05) is 6.92 Å². The van der Waals surface area contributed by atoms with Gasteiger partial charge in [0.05, 0.1) is 18.1 Å². The van der Waals surface area contributed by atoms with Crippen LogP contribution >= 0.6 is 0 Å². The van der Waals surface area contributed by atoms with Crippen LogP contribution < -0.4 is 10.1 Å². The van der Waals surface area contributed by atoms with E-state index in [2.05, 4.69) is 5.32 Å². The monoisotopic (exact) mass is 290 g/mol. The molecule has 0 bridgehead atoms. The molecule has 2 rings (SSSR count). The third-order valence-electron chi connectivity index (χ3n) is 3.18. The summed E-state index contributed by atoms with van der Waals surface area (Å²) in [6.07, 6.45) is 0. The van der Waals surface area contributed by atoms with Crippen molar-refractivity contribution in [1.29, 1.82) is 0 Å². The second-order valence-corrected chi connectivity index (χ2v) is 4.56. The molecule has 0 aromatic heterocycles. The lowest BCUT2D eigenvalue weighted by Crippen LogP contribution is -2.04. The number of aryl methyl sites for hydroxylation is 1. The Morgan fingerprint density at radius 1 is 1.29 bits per heavy atom. The first-order valence-corrected chi connectivity index (χ1v) is 6.32. The van der Waals surface area contributed by atoms with Gasteiger partial charge in [-0.25, -0.2) is 4.39 Å². The van der Waals surface area contributed by atoms with E-state index < -0.39 is 4.92 Å². The summed E-state index contributed by atoms with van der Waals surface area (Å²) in [7, 11) is 1.45. The molecule has 0 amide bonds. The van der Waals surface area contributed by atoms with Crippen LogP contribution in [0.5, 0.6) is 5.75 Å². The number of nitro groups is 1. The molecule has 0 saturated heterocycles. The lowest BCUT2D eigenvalue weighted by molar-refractivity contribution is -0.384. The Labute approximate surface area is 121 Å². The average Bonchev–Trinajstić information content (AvgIpc) is 2.48. The molecule has 0 fully saturated rings. The molecule has 5 nitrogen and oxygen atoms in total. The van der Waals surface area contributed by atoms with Crippen molar-refractivity contribution in [2.75, 3.05) is 12.4 Å². The minimum Gasteiger partial charge on any atom is -0.496 e. The first-order chi connectivity index (χ1) is 10.0. The van der Waals surface area contributed by atoms with Gasteiger partial charge in [0.25, 0.3) is 5.69 Å². The minimum atomic E-state index is -0.483. The number of anilines is 1. The fourth-order valence-corrected chi connectivity index (χ4v) is 1.96. The second kappa shape index (κ2) is 6.21. The highest BCUT2D eigenvalue weighted by atomic mass is 19.1. The molecule has 0 heterocycles. The molecule has 0 atom stereocenters. The standard InChI is InChI=1S/C15H15FN2O3/c1-10-3-4-12(16)7-11(10)9-17-14-6-5-13(21-2)8-15(14)18(19)20/h3-8,17H,9H2,1-2H3. The molecule has 1 N–H and O–H groups in total. The van der Waals surface area contributed by atoms with Gasteiger partial charge < -0.3 is 10.1 Å². The van der Waals surface area contributed by atoms with E-state index in [0.29, 0.717) is 18.0 Å². The largest absolute Gasteiger partial charge is 0.496 e. The maximum Gasteiger partial charge on any atom is 0.296 e. The van der Waals surface area contributed by atoms with Crippen LogP contribution in [0, 0.1) is 22.9 Å². The fraction of sp³-hybridized carbons (Fsp3) is 0.200. The van der Waals surface area contributed by atoms with Gasteiger partial charge in [-0.15, -0.1) is 0 Å². The number of hydrogen-bond acceptors (Lipinski definition) is 4. The van der Waals surface area contributed by atoms with Crippen molar-refractivity contribution in [3.05, 3.63) is 63.5 Å². The molecular weight excluding hydrogens is 275 g/mol. The van der Waals surface area contributed by atoms with Crippen LogP contribution in [-0.4, -0.2) is 12.0 Å². The van der Waals surface area contributed by atoms with Crippen LogP contribution in [0.25, 0.3) is 0 Å². The predicted molar refractivity (Wildman–Crippen MR) is 78.1 cm³/mol. The normalized spacial score (nSPS) is 10.2. The predicted octanol–water partition coefficient (Wildman–Crippen LogP) is 3.66. The maximum absolute atomic E-state index is 13.2.